The average Bonchev–Trinajstić information content (AvgIpc) is 2.84. The Morgan fingerprint density at radius 1 is 1.22 bits per heavy atom. The number of carbonyl (C=O) groups is 1. The second-order valence-corrected chi connectivity index (χ2v) is 8.11. The number of halogens is 2. The summed E-state index contributed by atoms with van der Waals surface area (Å²) < 4.78 is 25.2. The SMILES string of the molecule is CCOc1cc(C=C(C#N)C(=O)Nc2ccc([N+](=O)[O-])cc2O)cc(Br)c1OCc1ccc(F)cc1. The molecule has 0 saturated carbocycles. The molecule has 2 N–H and O–H groups in total. The van der Waals surface area contributed by atoms with Crippen LogP contribution in [0.4, 0.5) is 15.8 Å². The first-order chi connectivity index (χ1) is 17.2. The summed E-state index contributed by atoms with van der Waals surface area (Å²) >= 11 is 3.42. The van der Waals surface area contributed by atoms with Gasteiger partial charge >= 0.3 is 0 Å². The summed E-state index contributed by atoms with van der Waals surface area (Å²) in [7, 11) is 0. The van der Waals surface area contributed by atoms with Crippen molar-refractivity contribution in [3.05, 3.63) is 91.7 Å². The van der Waals surface area contributed by atoms with Gasteiger partial charge in [0, 0.05) is 6.07 Å². The number of hydrogen-bond donors (Lipinski definition) is 2. The maximum atomic E-state index is 13.1. The molecule has 0 spiro atoms. The quantitative estimate of drug-likeness (QED) is 0.113. The third-order valence-corrected chi connectivity index (χ3v) is 5.33. The molecule has 0 unspecified atom stereocenters. The third kappa shape index (κ3) is 6.58. The van der Waals surface area contributed by atoms with Crippen LogP contribution in [0, 0.1) is 27.3 Å². The fourth-order valence-corrected chi connectivity index (χ4v) is 3.63. The molecule has 0 fully saturated rings. The van der Waals surface area contributed by atoms with Crippen molar-refractivity contribution in [1.29, 1.82) is 5.26 Å². The smallest absolute Gasteiger partial charge is 0.273 e. The molecule has 9 nitrogen and oxygen atoms in total. The van der Waals surface area contributed by atoms with Crippen LogP contribution in [0.3, 0.4) is 0 Å². The molecule has 3 aromatic rings. The molecule has 1 amide bonds. The van der Waals surface area contributed by atoms with E-state index in [2.05, 4.69) is 21.2 Å². The largest absolute Gasteiger partial charge is 0.506 e. The van der Waals surface area contributed by atoms with Crippen molar-refractivity contribution >= 4 is 39.3 Å². The first-order valence-electron chi connectivity index (χ1n) is 10.5. The number of nitrogens with one attached hydrogen (secondary N) is 1. The van der Waals surface area contributed by atoms with Crippen molar-refractivity contribution < 1.29 is 28.7 Å². The van der Waals surface area contributed by atoms with Gasteiger partial charge in [0.15, 0.2) is 11.5 Å². The van der Waals surface area contributed by atoms with Gasteiger partial charge in [-0.1, -0.05) is 12.1 Å². The van der Waals surface area contributed by atoms with E-state index in [0.717, 1.165) is 23.8 Å². The van der Waals surface area contributed by atoms with Crippen LogP contribution >= 0.6 is 15.9 Å². The van der Waals surface area contributed by atoms with Crippen LogP contribution in [0.5, 0.6) is 17.2 Å². The van der Waals surface area contributed by atoms with Crippen molar-refractivity contribution in [1.82, 2.24) is 0 Å². The average molecular weight is 556 g/mol. The maximum Gasteiger partial charge on any atom is 0.273 e. The fraction of sp³-hybridized carbons (Fsp3) is 0.120. The fourth-order valence-electron chi connectivity index (χ4n) is 3.05. The molecule has 0 saturated heterocycles. The standard InChI is InChI=1S/C25H19BrFN3O6/c1-2-35-23-11-16(10-20(26)24(23)36-14-15-3-5-18(27)6-4-15)9-17(13-28)25(32)29-21-8-7-19(30(33)34)12-22(21)31/h3-12,31H,2,14H2,1H3,(H,29,32). The van der Waals surface area contributed by atoms with Gasteiger partial charge < -0.3 is 19.9 Å². The number of ether oxygens (including phenoxy) is 2. The molecule has 3 aromatic carbocycles. The molecule has 184 valence electrons. The number of carbonyl (C=O) groups excluding carboxylic acids is 1. The molecular weight excluding hydrogens is 537 g/mol. The van der Waals surface area contributed by atoms with Crippen molar-refractivity contribution in [2.45, 2.75) is 13.5 Å². The molecule has 36 heavy (non-hydrogen) atoms. The van der Waals surface area contributed by atoms with E-state index >= 15 is 0 Å². The number of benzene rings is 3. The van der Waals surface area contributed by atoms with Crippen LogP contribution in [0.15, 0.2) is 64.6 Å². The Balaban J connectivity index is 1.84. The van der Waals surface area contributed by atoms with Crippen LogP contribution in [-0.2, 0) is 11.4 Å². The van der Waals surface area contributed by atoms with Crippen molar-refractivity contribution in [3.8, 4) is 23.3 Å². The maximum absolute atomic E-state index is 13.1. The molecule has 0 aliphatic heterocycles. The number of aromatic hydroxyl groups is 1. The number of phenols is 1. The van der Waals surface area contributed by atoms with E-state index in [9.17, 15) is 29.7 Å². The Morgan fingerprint density at radius 3 is 2.56 bits per heavy atom. The third-order valence-electron chi connectivity index (χ3n) is 4.74. The first-order valence-corrected chi connectivity index (χ1v) is 11.2. The van der Waals surface area contributed by atoms with Gasteiger partial charge in [-0.25, -0.2) is 4.39 Å². The van der Waals surface area contributed by atoms with Crippen LogP contribution in [0.2, 0.25) is 0 Å². The highest BCUT2D eigenvalue weighted by Gasteiger charge is 2.17. The molecule has 3 rings (SSSR count). The monoisotopic (exact) mass is 555 g/mol. The second-order valence-electron chi connectivity index (χ2n) is 7.26. The normalized spacial score (nSPS) is 10.9. The summed E-state index contributed by atoms with van der Waals surface area (Å²) in [4.78, 5) is 22.7. The van der Waals surface area contributed by atoms with E-state index in [-0.39, 0.29) is 29.4 Å². The molecule has 11 heteroatoms. The number of nitro benzene ring substituents is 1. The number of rotatable bonds is 9. The zero-order valence-corrected chi connectivity index (χ0v) is 20.4. The molecule has 0 aromatic heterocycles. The van der Waals surface area contributed by atoms with Crippen molar-refractivity contribution in [3.63, 3.8) is 0 Å². The van der Waals surface area contributed by atoms with Crippen molar-refractivity contribution in [2.75, 3.05) is 11.9 Å². The molecule has 0 aliphatic rings. The lowest BCUT2D eigenvalue weighted by molar-refractivity contribution is -0.384. The summed E-state index contributed by atoms with van der Waals surface area (Å²) in [5.41, 5.74) is 0.456. The Bertz CT molecular complexity index is 1370. The molecule has 0 bridgehead atoms. The first kappa shape index (κ1) is 26.2. The van der Waals surface area contributed by atoms with E-state index < -0.39 is 16.6 Å². The summed E-state index contributed by atoms with van der Waals surface area (Å²) in [6.45, 7) is 2.25. The van der Waals surface area contributed by atoms with E-state index in [4.69, 9.17) is 9.47 Å². The van der Waals surface area contributed by atoms with Gasteiger partial charge in [0.25, 0.3) is 11.6 Å². The van der Waals surface area contributed by atoms with Gasteiger partial charge in [0.05, 0.1) is 27.8 Å². The van der Waals surface area contributed by atoms with E-state index in [0.29, 0.717) is 28.1 Å². The molecule has 0 atom stereocenters. The number of phenolic OH excluding ortho intramolecular Hbond substituents is 1. The van der Waals surface area contributed by atoms with Gasteiger partial charge in [-0.2, -0.15) is 5.26 Å². The van der Waals surface area contributed by atoms with Crippen LogP contribution in [0.1, 0.15) is 18.1 Å². The lowest BCUT2D eigenvalue weighted by Crippen LogP contribution is -2.13. The summed E-state index contributed by atoms with van der Waals surface area (Å²) in [6, 6.07) is 14.0. The Morgan fingerprint density at radius 2 is 1.94 bits per heavy atom. The number of non-ortho nitro benzene ring substituents is 1. The van der Waals surface area contributed by atoms with E-state index in [1.54, 1.807) is 37.3 Å². The Hall–Kier alpha value is -4.43. The summed E-state index contributed by atoms with van der Waals surface area (Å²) in [5.74, 6) is -0.957. The van der Waals surface area contributed by atoms with Crippen LogP contribution in [-0.4, -0.2) is 22.5 Å². The predicted octanol–water partition coefficient (Wildman–Crippen LogP) is 5.73. The summed E-state index contributed by atoms with van der Waals surface area (Å²) in [5, 5.41) is 32.7. The van der Waals surface area contributed by atoms with Crippen molar-refractivity contribution in [2.24, 2.45) is 0 Å². The lowest BCUT2D eigenvalue weighted by atomic mass is 10.1. The number of hydrogen-bond acceptors (Lipinski definition) is 7. The van der Waals surface area contributed by atoms with Crippen LogP contribution in [0.25, 0.3) is 6.08 Å². The highest BCUT2D eigenvalue weighted by molar-refractivity contribution is 9.10. The number of nitrogens with zero attached hydrogens (tertiary/aromatic N) is 2. The zero-order chi connectivity index (χ0) is 26.2. The zero-order valence-electron chi connectivity index (χ0n) is 18.8. The molecule has 0 heterocycles. The van der Waals surface area contributed by atoms with E-state index in [1.807, 2.05) is 0 Å². The predicted molar refractivity (Wildman–Crippen MR) is 133 cm³/mol. The minimum Gasteiger partial charge on any atom is -0.506 e. The molecule has 0 aliphatic carbocycles. The second kappa shape index (κ2) is 11.8. The van der Waals surface area contributed by atoms with Gasteiger partial charge in [-0.05, 0) is 70.4 Å². The molecule has 0 radical (unpaired) electrons. The van der Waals surface area contributed by atoms with Gasteiger partial charge in [-0.3, -0.25) is 14.9 Å². The minimum atomic E-state index is -0.827. The summed E-state index contributed by atoms with van der Waals surface area (Å²) in [6.07, 6.45) is 1.31. The highest BCUT2D eigenvalue weighted by atomic mass is 79.9. The lowest BCUT2D eigenvalue weighted by Gasteiger charge is -2.15. The Labute approximate surface area is 213 Å². The van der Waals surface area contributed by atoms with Gasteiger partial charge in [0.2, 0.25) is 0 Å². The minimum absolute atomic E-state index is 0.0903. The topological polar surface area (TPSA) is 135 Å². The molecular formula is C25H19BrFN3O6. The number of nitriles is 1. The number of amides is 1. The van der Waals surface area contributed by atoms with Crippen LogP contribution < -0.4 is 14.8 Å². The highest BCUT2D eigenvalue weighted by Crippen LogP contribution is 2.38. The number of anilines is 1. The van der Waals surface area contributed by atoms with Gasteiger partial charge in [-0.15, -0.1) is 0 Å². The van der Waals surface area contributed by atoms with E-state index in [1.165, 1.54) is 18.2 Å². The Kier molecular flexibility index (Phi) is 8.59. The number of nitro groups is 1. The van der Waals surface area contributed by atoms with Gasteiger partial charge in [0.1, 0.15) is 29.8 Å².